The minimum absolute atomic E-state index is 0.108. The topological polar surface area (TPSA) is 13.1 Å². The number of aryl methyl sites for hydroxylation is 3. The summed E-state index contributed by atoms with van der Waals surface area (Å²) in [6, 6.07) is 14.0. The van der Waals surface area contributed by atoms with Crippen molar-refractivity contribution in [1.82, 2.24) is 0 Å². The maximum absolute atomic E-state index is 13.6. The number of benzene rings is 3. The van der Waals surface area contributed by atoms with E-state index in [4.69, 9.17) is 4.74 Å². The van der Waals surface area contributed by atoms with Gasteiger partial charge in [0.15, 0.2) is 6.20 Å². The van der Waals surface area contributed by atoms with Crippen LogP contribution in [0.25, 0.3) is 32.8 Å². The summed E-state index contributed by atoms with van der Waals surface area (Å²) in [5.74, 6) is 1.44. The predicted octanol–water partition coefficient (Wildman–Crippen LogP) is 7.59. The zero-order valence-corrected chi connectivity index (χ0v) is 19.5. The molecule has 0 unspecified atom stereocenters. The lowest BCUT2D eigenvalue weighted by atomic mass is 9.83. The summed E-state index contributed by atoms with van der Waals surface area (Å²) >= 11 is 0. The van der Waals surface area contributed by atoms with E-state index in [1.54, 1.807) is 6.07 Å². The van der Waals surface area contributed by atoms with Gasteiger partial charge in [0.25, 0.3) is 0 Å². The van der Waals surface area contributed by atoms with E-state index < -0.39 is 11.6 Å². The third-order valence-electron chi connectivity index (χ3n) is 7.01. The molecule has 1 aliphatic heterocycles. The molecule has 0 radical (unpaired) electrons. The molecule has 4 aromatic rings. The van der Waals surface area contributed by atoms with Crippen LogP contribution in [0.5, 0.6) is 11.5 Å². The summed E-state index contributed by atoms with van der Waals surface area (Å²) in [6.07, 6.45) is -1.62. The Morgan fingerprint density at radius 2 is 1.70 bits per heavy atom. The molecular weight excluding hydrogens is 423 g/mol. The standard InChI is InChI=1S/C28H27F3NO/c1-6-19-21-10-8-7-9-20(21)16(2)23-25-24-18(11-12-32(25)5)13-17(14-22(24)33-26(19)23)15-27(3,4)28(29,30)31/h7-14H,6,15H2,1-5H3/q+1. The molecule has 0 atom stereocenters. The van der Waals surface area contributed by atoms with Crippen molar-refractivity contribution in [2.45, 2.75) is 46.7 Å². The SMILES string of the molecule is CCc1c2c(c(C)c3ccccc13)-c1c3c(cc(CC(C)(C)C(F)(F)F)cc3cc[n+]1C)O2. The molecule has 170 valence electrons. The van der Waals surface area contributed by atoms with Crippen LogP contribution in [0.2, 0.25) is 0 Å². The summed E-state index contributed by atoms with van der Waals surface area (Å²) in [5, 5.41) is 4.19. The van der Waals surface area contributed by atoms with E-state index in [-0.39, 0.29) is 6.42 Å². The maximum Gasteiger partial charge on any atom is 0.394 e. The Bertz CT molecular complexity index is 1430. The first-order chi connectivity index (χ1) is 15.5. The van der Waals surface area contributed by atoms with Crippen LogP contribution in [0.3, 0.4) is 0 Å². The molecule has 0 fully saturated rings. The molecular formula is C28H27F3NO+. The number of aromatic nitrogens is 1. The van der Waals surface area contributed by atoms with Gasteiger partial charge in [0.1, 0.15) is 18.5 Å². The highest BCUT2D eigenvalue weighted by Crippen LogP contribution is 2.51. The van der Waals surface area contributed by atoms with Crippen molar-refractivity contribution < 1.29 is 22.5 Å². The van der Waals surface area contributed by atoms with Gasteiger partial charge in [-0.15, -0.1) is 0 Å². The molecule has 5 heteroatoms. The molecule has 0 spiro atoms. The van der Waals surface area contributed by atoms with Crippen molar-refractivity contribution in [3.63, 3.8) is 0 Å². The van der Waals surface area contributed by atoms with Gasteiger partial charge < -0.3 is 4.74 Å². The normalized spacial score (nSPS) is 13.3. The van der Waals surface area contributed by atoms with Crippen molar-refractivity contribution in [2.75, 3.05) is 0 Å². The summed E-state index contributed by atoms with van der Waals surface area (Å²) in [6.45, 7) is 6.73. The fraction of sp³-hybridized carbons (Fsp3) is 0.321. The van der Waals surface area contributed by atoms with Crippen molar-refractivity contribution in [3.05, 3.63) is 65.4 Å². The van der Waals surface area contributed by atoms with Crippen LogP contribution in [0.1, 0.15) is 37.5 Å². The van der Waals surface area contributed by atoms with Gasteiger partial charge in [-0.3, -0.25) is 0 Å². The van der Waals surface area contributed by atoms with Gasteiger partial charge in [0, 0.05) is 11.6 Å². The van der Waals surface area contributed by atoms with Gasteiger partial charge in [-0.2, -0.15) is 13.2 Å². The molecule has 1 aliphatic rings. The molecule has 3 aromatic carbocycles. The number of hydrogen-bond acceptors (Lipinski definition) is 1. The first-order valence-corrected chi connectivity index (χ1v) is 11.3. The van der Waals surface area contributed by atoms with Crippen LogP contribution in [-0.4, -0.2) is 6.18 Å². The molecule has 1 aromatic heterocycles. The van der Waals surface area contributed by atoms with E-state index >= 15 is 0 Å². The van der Waals surface area contributed by atoms with Gasteiger partial charge in [-0.1, -0.05) is 51.1 Å². The van der Waals surface area contributed by atoms with Crippen LogP contribution >= 0.6 is 0 Å². The molecule has 0 saturated carbocycles. The van der Waals surface area contributed by atoms with Crippen LogP contribution in [-0.2, 0) is 19.9 Å². The lowest BCUT2D eigenvalue weighted by Gasteiger charge is -2.29. The average Bonchev–Trinajstić information content (AvgIpc) is 2.75. The van der Waals surface area contributed by atoms with Gasteiger partial charge in [0.05, 0.1) is 16.4 Å². The summed E-state index contributed by atoms with van der Waals surface area (Å²) in [5.41, 5.74) is 3.17. The molecule has 0 amide bonds. The zero-order valence-electron chi connectivity index (χ0n) is 19.5. The Morgan fingerprint density at radius 3 is 2.36 bits per heavy atom. The van der Waals surface area contributed by atoms with E-state index in [0.717, 1.165) is 50.7 Å². The Hall–Kier alpha value is -3.08. The van der Waals surface area contributed by atoms with Crippen LogP contribution in [0.4, 0.5) is 13.2 Å². The fourth-order valence-corrected chi connectivity index (χ4v) is 5.13. The van der Waals surface area contributed by atoms with Gasteiger partial charge >= 0.3 is 6.18 Å². The first-order valence-electron chi connectivity index (χ1n) is 11.3. The number of halogens is 3. The summed E-state index contributed by atoms with van der Waals surface area (Å²) < 4.78 is 49.4. The Morgan fingerprint density at radius 1 is 1.00 bits per heavy atom. The molecule has 0 N–H and O–H groups in total. The minimum Gasteiger partial charge on any atom is -0.455 e. The smallest absolute Gasteiger partial charge is 0.394 e. The Balaban J connectivity index is 1.82. The van der Waals surface area contributed by atoms with Gasteiger partial charge in [0.2, 0.25) is 5.69 Å². The molecule has 2 nitrogen and oxygen atoms in total. The highest BCUT2D eigenvalue weighted by Gasteiger charge is 2.47. The number of alkyl halides is 3. The third-order valence-corrected chi connectivity index (χ3v) is 7.01. The van der Waals surface area contributed by atoms with Crippen LogP contribution < -0.4 is 9.30 Å². The minimum atomic E-state index is -4.29. The van der Waals surface area contributed by atoms with Crippen molar-refractivity contribution >= 4 is 21.5 Å². The largest absolute Gasteiger partial charge is 0.455 e. The highest BCUT2D eigenvalue weighted by atomic mass is 19.4. The Labute approximate surface area is 191 Å². The number of fused-ring (bicyclic) bond motifs is 3. The molecule has 5 rings (SSSR count). The maximum atomic E-state index is 13.6. The predicted molar refractivity (Wildman–Crippen MR) is 126 cm³/mol. The van der Waals surface area contributed by atoms with Crippen LogP contribution in [0.15, 0.2) is 48.7 Å². The van der Waals surface area contributed by atoms with Gasteiger partial charge in [-0.25, -0.2) is 4.57 Å². The fourth-order valence-electron chi connectivity index (χ4n) is 5.13. The second-order valence-corrected chi connectivity index (χ2v) is 9.70. The van der Waals surface area contributed by atoms with Gasteiger partial charge in [-0.05, 0) is 53.1 Å². The van der Waals surface area contributed by atoms with E-state index in [2.05, 4.69) is 30.5 Å². The number of ether oxygens (including phenoxy) is 1. The quantitative estimate of drug-likeness (QED) is 0.258. The van der Waals surface area contributed by atoms with Crippen molar-refractivity contribution in [3.8, 4) is 22.8 Å². The average molecular weight is 451 g/mol. The monoisotopic (exact) mass is 450 g/mol. The number of nitrogens with zero attached hydrogens (tertiary/aromatic N) is 1. The summed E-state index contributed by atoms with van der Waals surface area (Å²) in [4.78, 5) is 0. The lowest BCUT2D eigenvalue weighted by Crippen LogP contribution is -2.34. The van der Waals surface area contributed by atoms with E-state index in [0.29, 0.717) is 11.3 Å². The number of pyridine rings is 1. The van der Waals surface area contributed by atoms with E-state index in [1.165, 1.54) is 19.2 Å². The molecule has 2 heterocycles. The van der Waals surface area contributed by atoms with E-state index in [9.17, 15) is 13.2 Å². The Kier molecular flexibility index (Phi) is 4.75. The summed E-state index contributed by atoms with van der Waals surface area (Å²) in [7, 11) is 2.01. The number of hydrogen-bond donors (Lipinski definition) is 0. The molecule has 0 saturated heterocycles. The van der Waals surface area contributed by atoms with Crippen molar-refractivity contribution in [2.24, 2.45) is 12.5 Å². The molecule has 0 bridgehead atoms. The zero-order chi connectivity index (χ0) is 23.7. The molecule has 0 aliphatic carbocycles. The van der Waals surface area contributed by atoms with Crippen LogP contribution in [0, 0.1) is 12.3 Å². The second-order valence-electron chi connectivity index (χ2n) is 9.70. The van der Waals surface area contributed by atoms with Crippen molar-refractivity contribution in [1.29, 1.82) is 0 Å². The highest BCUT2D eigenvalue weighted by molar-refractivity contribution is 6.06. The lowest BCUT2D eigenvalue weighted by molar-refractivity contribution is -0.659. The molecule has 33 heavy (non-hydrogen) atoms. The van der Waals surface area contributed by atoms with E-state index in [1.807, 2.05) is 37.5 Å². The first kappa shape index (κ1) is 21.7. The second kappa shape index (κ2) is 7.21. The number of rotatable bonds is 3. The third kappa shape index (κ3) is 3.20.